The molecule has 0 radical (unpaired) electrons. The third-order valence-electron chi connectivity index (χ3n) is 2.71. The Bertz CT molecular complexity index is 388. The smallest absolute Gasteiger partial charge is 0.0512 e. The molecule has 3 heteroatoms. The molecule has 0 spiro atoms. The van der Waals surface area contributed by atoms with Crippen molar-refractivity contribution in [2.75, 3.05) is 0 Å². The molecule has 2 aromatic rings. The molecule has 0 saturated heterocycles. The Morgan fingerprint density at radius 3 is 2.00 bits per heavy atom. The van der Waals surface area contributed by atoms with Gasteiger partial charge in [0.25, 0.3) is 0 Å². The van der Waals surface area contributed by atoms with Crippen LogP contribution in [0.15, 0.2) is 48.5 Å². The van der Waals surface area contributed by atoms with Crippen LogP contribution in [0, 0.1) is 0 Å². The summed E-state index contributed by atoms with van der Waals surface area (Å²) in [6.45, 7) is 4.29. The molecule has 0 aliphatic heterocycles. The molecule has 0 heterocycles. The summed E-state index contributed by atoms with van der Waals surface area (Å²) < 4.78 is 1.56. The average molecular weight is 565 g/mol. The van der Waals surface area contributed by atoms with Gasteiger partial charge in [-0.3, -0.25) is 0 Å². The van der Waals surface area contributed by atoms with E-state index in [0.717, 1.165) is 0 Å². The van der Waals surface area contributed by atoms with E-state index in [1.807, 2.05) is 30.3 Å². The fourth-order valence-corrected chi connectivity index (χ4v) is 1.93. The molecule has 0 aromatic heterocycles. The second-order valence-corrected chi connectivity index (χ2v) is 8.34. The van der Waals surface area contributed by atoms with Crippen molar-refractivity contribution in [3.63, 3.8) is 0 Å². The van der Waals surface area contributed by atoms with Crippen LogP contribution in [0.25, 0.3) is 0 Å². The molecular formula is C17H22Br2Hf-2. The molecule has 3 rings (SSSR count). The van der Waals surface area contributed by atoms with Crippen molar-refractivity contribution in [3.05, 3.63) is 59.7 Å². The van der Waals surface area contributed by atoms with Gasteiger partial charge in [-0.15, -0.1) is 0 Å². The Hall–Kier alpha value is 0.400. The average Bonchev–Trinajstić information content (AvgIpc) is 3.03. The van der Waals surface area contributed by atoms with Gasteiger partial charge in [0, 0.05) is 0 Å². The fraction of sp³-hybridized carbons (Fsp3) is 0.353. The first-order valence-corrected chi connectivity index (χ1v) is 8.41. The van der Waals surface area contributed by atoms with Gasteiger partial charge < -0.3 is 34.0 Å². The van der Waals surface area contributed by atoms with Crippen molar-refractivity contribution in [2.24, 2.45) is 0 Å². The van der Waals surface area contributed by atoms with Crippen molar-refractivity contribution < 1.29 is 57.9 Å². The van der Waals surface area contributed by atoms with Crippen molar-refractivity contribution in [2.45, 2.75) is 39.5 Å². The van der Waals surface area contributed by atoms with Gasteiger partial charge in [0.1, 0.15) is 0 Å². The quantitative estimate of drug-likeness (QED) is 0.269. The van der Waals surface area contributed by atoms with Crippen LogP contribution in [0.1, 0.15) is 37.8 Å². The van der Waals surface area contributed by atoms with Gasteiger partial charge in [-0.25, -0.2) is 18.2 Å². The number of rotatable bonds is 0. The van der Waals surface area contributed by atoms with E-state index in [9.17, 15) is 0 Å². The zero-order valence-electron chi connectivity index (χ0n) is 12.2. The Kier molecular flexibility index (Phi) is 16.3. The van der Waals surface area contributed by atoms with Crippen molar-refractivity contribution >= 4 is 3.26 Å². The second kappa shape index (κ2) is 14.3. The van der Waals surface area contributed by atoms with E-state index in [1.54, 1.807) is 14.4 Å². The molecule has 0 unspecified atom stereocenters. The minimum absolute atomic E-state index is 0. The maximum Gasteiger partial charge on any atom is -0.0512 e. The van der Waals surface area contributed by atoms with E-state index in [1.165, 1.54) is 49.6 Å². The van der Waals surface area contributed by atoms with E-state index >= 15 is 0 Å². The summed E-state index contributed by atoms with van der Waals surface area (Å²) in [6, 6.07) is 16.7. The summed E-state index contributed by atoms with van der Waals surface area (Å²) >= 11 is 1.27. The number of hydrogen-bond donors (Lipinski definition) is 0. The Morgan fingerprint density at radius 2 is 1.55 bits per heavy atom. The van der Waals surface area contributed by atoms with Crippen LogP contribution in [0.4, 0.5) is 0 Å². The molecule has 0 bridgehead atoms. The first kappa shape index (κ1) is 22.7. The van der Waals surface area contributed by atoms with Gasteiger partial charge in [-0.2, -0.15) is 41.5 Å². The van der Waals surface area contributed by atoms with Gasteiger partial charge in [0.05, 0.1) is 0 Å². The SMILES string of the molecule is C[C](C)=[Hf+2].[Br-].[Br-].c1cc2c([cH-]1)CCCC2.c1cc[cH-]c1. The number of fused-ring (bicyclic) bond motifs is 1. The Morgan fingerprint density at radius 1 is 1.00 bits per heavy atom. The molecule has 0 nitrogen and oxygen atoms in total. The maximum absolute atomic E-state index is 2.26. The zero-order chi connectivity index (χ0) is 13.2. The van der Waals surface area contributed by atoms with Gasteiger partial charge in [0.2, 0.25) is 0 Å². The van der Waals surface area contributed by atoms with Crippen molar-refractivity contribution in [3.8, 4) is 0 Å². The third-order valence-corrected chi connectivity index (χ3v) is 2.71. The van der Waals surface area contributed by atoms with Crippen molar-refractivity contribution in [1.29, 1.82) is 0 Å². The number of hydrogen-bond acceptors (Lipinski definition) is 0. The molecule has 2 aromatic carbocycles. The van der Waals surface area contributed by atoms with Crippen LogP contribution in [0.5, 0.6) is 0 Å². The number of aryl methyl sites for hydroxylation is 2. The van der Waals surface area contributed by atoms with Crippen LogP contribution in [0.2, 0.25) is 0 Å². The number of halogens is 2. The van der Waals surface area contributed by atoms with Crippen LogP contribution in [0.3, 0.4) is 0 Å². The van der Waals surface area contributed by atoms with E-state index in [4.69, 9.17) is 0 Å². The van der Waals surface area contributed by atoms with Crippen molar-refractivity contribution in [1.82, 2.24) is 0 Å². The van der Waals surface area contributed by atoms with Gasteiger partial charge in [0.15, 0.2) is 0 Å². The van der Waals surface area contributed by atoms with Gasteiger partial charge in [-0.05, 0) is 0 Å². The third kappa shape index (κ3) is 11.1. The zero-order valence-corrected chi connectivity index (χ0v) is 19.0. The minimum Gasteiger partial charge on any atom is -1.00 e. The molecular weight excluding hydrogens is 542 g/mol. The molecule has 0 amide bonds. The van der Waals surface area contributed by atoms with Gasteiger partial charge in [-0.1, -0.05) is 25.7 Å². The topological polar surface area (TPSA) is 0 Å². The molecule has 0 fully saturated rings. The summed E-state index contributed by atoms with van der Waals surface area (Å²) in [4.78, 5) is 0. The molecule has 1 aliphatic carbocycles. The van der Waals surface area contributed by atoms with E-state index in [-0.39, 0.29) is 34.0 Å². The fourth-order valence-electron chi connectivity index (χ4n) is 1.93. The van der Waals surface area contributed by atoms with E-state index < -0.39 is 0 Å². The van der Waals surface area contributed by atoms with Crippen LogP contribution >= 0.6 is 0 Å². The first-order valence-electron chi connectivity index (χ1n) is 6.62. The molecule has 20 heavy (non-hydrogen) atoms. The van der Waals surface area contributed by atoms with Gasteiger partial charge >= 0.3 is 41.0 Å². The Balaban J connectivity index is 0. The molecule has 0 saturated carbocycles. The molecule has 1 aliphatic rings. The maximum atomic E-state index is 2.26. The predicted molar refractivity (Wildman–Crippen MR) is 77.1 cm³/mol. The summed E-state index contributed by atoms with van der Waals surface area (Å²) in [6.07, 6.45) is 5.44. The summed E-state index contributed by atoms with van der Waals surface area (Å²) in [5.74, 6) is 0. The largest absolute Gasteiger partial charge is 1.00 e. The normalized spacial score (nSPS) is 11.2. The molecule has 0 N–H and O–H groups in total. The van der Waals surface area contributed by atoms with E-state index in [2.05, 4.69) is 32.0 Å². The second-order valence-electron chi connectivity index (χ2n) is 4.75. The molecule has 110 valence electrons. The minimum atomic E-state index is 0. The van der Waals surface area contributed by atoms with Crippen LogP contribution in [-0.4, -0.2) is 3.26 Å². The summed E-state index contributed by atoms with van der Waals surface area (Å²) in [7, 11) is 0. The van der Waals surface area contributed by atoms with Crippen LogP contribution in [-0.2, 0) is 36.7 Å². The monoisotopic (exact) mass is 564 g/mol. The van der Waals surface area contributed by atoms with E-state index in [0.29, 0.717) is 0 Å². The molecule has 0 atom stereocenters. The van der Waals surface area contributed by atoms with Crippen LogP contribution < -0.4 is 34.0 Å². The predicted octanol–water partition coefficient (Wildman–Crippen LogP) is -1.56. The first-order chi connectivity index (χ1) is 8.70. The summed E-state index contributed by atoms with van der Waals surface area (Å²) in [5.41, 5.74) is 3.20. The standard InChI is InChI=1S/C9H11.C5H5.C3H6.2BrH.Hf/c1-2-5-9-7-3-6-8(9)4-1;1-2-4-5-3-1;1-3-2;;;/h3,6-7H,1-2,4-5H2;1-5H;1-2H3;2*1H;/q2*-1;;;;+2/p-2. The summed E-state index contributed by atoms with van der Waals surface area (Å²) in [5, 5.41) is 0. The Labute approximate surface area is 159 Å².